The number of aryl methyl sites for hydroxylation is 1. The summed E-state index contributed by atoms with van der Waals surface area (Å²) >= 11 is 6.98. The lowest BCUT2D eigenvalue weighted by Gasteiger charge is -2.29. The Kier molecular flexibility index (Phi) is 14.5. The Morgan fingerprint density at radius 3 is 2.50 bits per heavy atom. The number of rotatable bonds is 13. The minimum atomic E-state index is -0.492. The first-order chi connectivity index (χ1) is 26.2. The summed E-state index contributed by atoms with van der Waals surface area (Å²) in [7, 11) is 2.16. The summed E-state index contributed by atoms with van der Waals surface area (Å²) in [6, 6.07) is 19.3. The molecule has 11 heteroatoms. The average molecular weight is 752 g/mol. The molecule has 0 spiro atoms. The predicted molar refractivity (Wildman–Crippen MR) is 210 cm³/mol. The Hall–Kier alpha value is -4.95. The van der Waals surface area contributed by atoms with Crippen LogP contribution < -0.4 is 24.8 Å². The molecule has 2 aliphatic rings. The van der Waals surface area contributed by atoms with Crippen LogP contribution in [0.5, 0.6) is 17.2 Å². The van der Waals surface area contributed by atoms with Gasteiger partial charge in [-0.05, 0) is 87.2 Å². The average Bonchev–Trinajstić information content (AvgIpc) is 3.18. The fourth-order valence-electron chi connectivity index (χ4n) is 6.80. The maximum Gasteiger partial charge on any atom is 0.243 e. The van der Waals surface area contributed by atoms with E-state index in [1.54, 1.807) is 12.3 Å². The topological polar surface area (TPSA) is 126 Å². The van der Waals surface area contributed by atoms with Crippen molar-refractivity contribution >= 4 is 23.4 Å². The molecule has 2 amide bonds. The maximum absolute atomic E-state index is 12.4. The summed E-state index contributed by atoms with van der Waals surface area (Å²) in [6.07, 6.45) is 6.21. The summed E-state index contributed by atoms with van der Waals surface area (Å²) in [4.78, 5) is 30.6. The SMILES string of the molecule is CC.Cc1cc(CNC2CCC(=O)NC2=O)c(OCc2cncc(C#N)c2)cc1OCc1cccc(-c2cccc(OCC3CCCN(C)C3)c2Cl)c1C. The molecule has 284 valence electrons. The van der Waals surface area contributed by atoms with Gasteiger partial charge in [0.15, 0.2) is 0 Å². The Morgan fingerprint density at radius 1 is 0.944 bits per heavy atom. The number of carbonyl (C=O) groups is 2. The standard InChI is InChI=1S/C41H44ClN5O5.C2H6/c1-26-15-32(21-45-35-12-13-39(48)46-41(35)49)38(51-24-30-16-29(18-43)19-44-20-30)17-37(26)52-25-31-8-4-9-33(27(31)2)34-10-5-11-36(40(34)42)50-23-28-7-6-14-47(3)22-28;1-2/h4-5,8-11,15-17,19-20,28,35,45H,6-7,12-14,21-25H2,1-3H3,(H,46,48,49);1-2H3. The van der Waals surface area contributed by atoms with Crippen LogP contribution >= 0.6 is 11.6 Å². The van der Waals surface area contributed by atoms with Crippen LogP contribution in [-0.4, -0.2) is 54.5 Å². The zero-order chi connectivity index (χ0) is 38.6. The van der Waals surface area contributed by atoms with Crippen molar-refractivity contribution in [2.45, 2.75) is 79.2 Å². The summed E-state index contributed by atoms with van der Waals surface area (Å²) < 4.78 is 19.0. The van der Waals surface area contributed by atoms with Gasteiger partial charge in [-0.1, -0.05) is 55.8 Å². The fourth-order valence-corrected chi connectivity index (χ4v) is 7.08. The van der Waals surface area contributed by atoms with Gasteiger partial charge in [0.25, 0.3) is 0 Å². The monoisotopic (exact) mass is 751 g/mol. The molecule has 6 rings (SSSR count). The predicted octanol–water partition coefficient (Wildman–Crippen LogP) is 7.69. The highest BCUT2D eigenvalue weighted by Crippen LogP contribution is 2.38. The van der Waals surface area contributed by atoms with Crippen LogP contribution in [0.25, 0.3) is 11.1 Å². The fraction of sp³-hybridized carbons (Fsp3) is 0.395. The van der Waals surface area contributed by atoms with Gasteiger partial charge >= 0.3 is 0 Å². The van der Waals surface area contributed by atoms with Crippen molar-refractivity contribution < 1.29 is 23.8 Å². The van der Waals surface area contributed by atoms with Crippen molar-refractivity contribution in [1.82, 2.24) is 20.5 Å². The number of hydrogen-bond acceptors (Lipinski definition) is 9. The van der Waals surface area contributed by atoms with Crippen molar-refractivity contribution in [3.05, 3.63) is 105 Å². The molecule has 0 aliphatic carbocycles. The lowest BCUT2D eigenvalue weighted by atomic mass is 9.96. The number of nitrogens with one attached hydrogen (secondary N) is 2. The third-order valence-electron chi connectivity index (χ3n) is 9.73. The highest BCUT2D eigenvalue weighted by molar-refractivity contribution is 6.34. The highest BCUT2D eigenvalue weighted by atomic mass is 35.5. The van der Waals surface area contributed by atoms with Gasteiger partial charge in [-0.3, -0.25) is 19.9 Å². The van der Waals surface area contributed by atoms with Gasteiger partial charge in [-0.15, -0.1) is 0 Å². The van der Waals surface area contributed by atoms with E-state index in [1.807, 2.05) is 63.2 Å². The minimum Gasteiger partial charge on any atom is -0.492 e. The molecule has 1 aromatic heterocycles. The van der Waals surface area contributed by atoms with Crippen LogP contribution in [0.1, 0.15) is 72.9 Å². The zero-order valence-electron chi connectivity index (χ0n) is 31.8. The van der Waals surface area contributed by atoms with E-state index in [0.29, 0.717) is 59.9 Å². The molecule has 2 aliphatic heterocycles. The van der Waals surface area contributed by atoms with E-state index in [9.17, 15) is 14.9 Å². The first-order valence-electron chi connectivity index (χ1n) is 18.7. The molecule has 2 N–H and O–H groups in total. The van der Waals surface area contributed by atoms with Crippen molar-refractivity contribution in [3.63, 3.8) is 0 Å². The third-order valence-corrected chi connectivity index (χ3v) is 10.1. The van der Waals surface area contributed by atoms with Crippen LogP contribution in [-0.2, 0) is 29.3 Å². The second-order valence-electron chi connectivity index (χ2n) is 13.7. The molecule has 54 heavy (non-hydrogen) atoms. The molecule has 0 radical (unpaired) electrons. The van der Waals surface area contributed by atoms with Crippen molar-refractivity contribution in [2.75, 3.05) is 26.7 Å². The molecular formula is C43H50ClN5O5. The number of nitrogens with zero attached hydrogens (tertiary/aromatic N) is 3. The van der Waals surface area contributed by atoms with E-state index in [4.69, 9.17) is 25.8 Å². The Bertz CT molecular complexity index is 1980. The van der Waals surface area contributed by atoms with Gasteiger partial charge in [0, 0.05) is 60.6 Å². The number of benzene rings is 3. The van der Waals surface area contributed by atoms with E-state index in [0.717, 1.165) is 58.5 Å². The number of carbonyl (C=O) groups excluding carboxylic acids is 2. The van der Waals surface area contributed by atoms with Crippen molar-refractivity contribution in [2.24, 2.45) is 5.92 Å². The number of aromatic nitrogens is 1. The molecule has 2 saturated heterocycles. The zero-order valence-corrected chi connectivity index (χ0v) is 32.6. The summed E-state index contributed by atoms with van der Waals surface area (Å²) in [5.74, 6) is 1.80. The van der Waals surface area contributed by atoms with Gasteiger partial charge in [-0.25, -0.2) is 0 Å². The summed E-state index contributed by atoms with van der Waals surface area (Å²) in [5.41, 5.74) is 6.89. The van der Waals surface area contributed by atoms with Crippen LogP contribution in [0.3, 0.4) is 0 Å². The molecule has 3 aromatic carbocycles. The number of ether oxygens (including phenoxy) is 3. The maximum atomic E-state index is 12.4. The van der Waals surface area contributed by atoms with Crippen molar-refractivity contribution in [1.29, 1.82) is 5.26 Å². The number of hydrogen-bond donors (Lipinski definition) is 2. The summed E-state index contributed by atoms with van der Waals surface area (Å²) in [6.45, 7) is 11.7. The van der Waals surface area contributed by atoms with Crippen molar-refractivity contribution in [3.8, 4) is 34.4 Å². The molecular weight excluding hydrogens is 702 g/mol. The van der Waals surface area contributed by atoms with Crippen LogP contribution in [0.15, 0.2) is 67.0 Å². The van der Waals surface area contributed by atoms with Gasteiger partial charge in [0.05, 0.1) is 23.2 Å². The van der Waals surface area contributed by atoms with E-state index < -0.39 is 6.04 Å². The second kappa shape index (κ2) is 19.4. The van der Waals surface area contributed by atoms with Gasteiger partial charge in [0.2, 0.25) is 11.8 Å². The number of piperidine rings is 2. The quantitative estimate of drug-likeness (QED) is 0.132. The third kappa shape index (κ3) is 10.4. The second-order valence-corrected chi connectivity index (χ2v) is 14.0. The molecule has 3 heterocycles. The van der Waals surface area contributed by atoms with Crippen LogP contribution in [0.4, 0.5) is 0 Å². The molecule has 4 aromatic rings. The molecule has 10 nitrogen and oxygen atoms in total. The number of likely N-dealkylation sites (tertiary alicyclic amines) is 1. The first kappa shape index (κ1) is 40.2. The molecule has 2 atom stereocenters. The van der Waals surface area contributed by atoms with E-state index in [2.05, 4.69) is 46.6 Å². The Morgan fingerprint density at radius 2 is 1.72 bits per heavy atom. The molecule has 0 bridgehead atoms. The minimum absolute atomic E-state index is 0.179. The molecule has 2 unspecified atom stereocenters. The van der Waals surface area contributed by atoms with E-state index in [-0.39, 0.29) is 24.8 Å². The Balaban J connectivity index is 0.00000276. The number of amides is 2. The van der Waals surface area contributed by atoms with E-state index in [1.165, 1.54) is 12.6 Å². The van der Waals surface area contributed by atoms with E-state index >= 15 is 0 Å². The molecule has 2 fully saturated rings. The normalized spacial score (nSPS) is 17.1. The molecule has 0 saturated carbocycles. The Labute approximate surface area is 323 Å². The number of halogens is 1. The number of pyridine rings is 1. The van der Waals surface area contributed by atoms with Gasteiger partial charge in [-0.2, -0.15) is 5.26 Å². The number of nitriles is 1. The summed E-state index contributed by atoms with van der Waals surface area (Å²) in [5, 5.41) is 15.6. The largest absolute Gasteiger partial charge is 0.492 e. The highest BCUT2D eigenvalue weighted by Gasteiger charge is 2.26. The first-order valence-corrected chi connectivity index (χ1v) is 19.0. The number of imide groups is 1. The van der Waals surface area contributed by atoms with Crippen LogP contribution in [0, 0.1) is 31.1 Å². The van der Waals surface area contributed by atoms with Gasteiger partial charge in [0.1, 0.15) is 36.5 Å². The van der Waals surface area contributed by atoms with Gasteiger partial charge < -0.3 is 24.4 Å². The lowest BCUT2D eigenvalue weighted by Crippen LogP contribution is -2.50. The lowest BCUT2D eigenvalue weighted by molar-refractivity contribution is -0.134. The smallest absolute Gasteiger partial charge is 0.243 e. The van der Waals surface area contributed by atoms with Crippen LogP contribution in [0.2, 0.25) is 5.02 Å².